The van der Waals surface area contributed by atoms with E-state index in [4.69, 9.17) is 14.5 Å². The highest BCUT2D eigenvalue weighted by atomic mass is 16.5. The average molecular weight is 445 g/mol. The maximum Gasteiger partial charge on any atom is 0.225 e. The largest absolute Gasteiger partial charge is 0.492 e. The Morgan fingerprint density at radius 3 is 2.53 bits per heavy atom. The van der Waals surface area contributed by atoms with Gasteiger partial charge >= 0.3 is 0 Å². The number of ether oxygens (including phenoxy) is 2. The second-order valence-corrected chi connectivity index (χ2v) is 9.56. The Hall–Kier alpha value is -2.28. The highest BCUT2D eigenvalue weighted by Gasteiger charge is 2.30. The molecule has 1 aromatic rings. The van der Waals surface area contributed by atoms with Gasteiger partial charge in [-0.1, -0.05) is 32.9 Å². The van der Waals surface area contributed by atoms with Crippen molar-refractivity contribution in [3.05, 3.63) is 29.8 Å². The molecular weight excluding hydrogens is 404 g/mol. The fraction of sp³-hybridized carbons (Fsp3) is 0.680. The van der Waals surface area contributed by atoms with Crippen molar-refractivity contribution >= 4 is 11.9 Å². The van der Waals surface area contributed by atoms with Gasteiger partial charge in [0.05, 0.1) is 19.8 Å². The van der Waals surface area contributed by atoms with Gasteiger partial charge in [0.2, 0.25) is 5.91 Å². The van der Waals surface area contributed by atoms with Gasteiger partial charge in [-0.15, -0.1) is 0 Å². The molecule has 0 saturated carbocycles. The van der Waals surface area contributed by atoms with Crippen molar-refractivity contribution in [2.24, 2.45) is 10.9 Å². The first kappa shape index (κ1) is 24.4. The number of piperidine rings is 1. The van der Waals surface area contributed by atoms with E-state index >= 15 is 0 Å². The molecule has 2 aliphatic heterocycles. The molecule has 2 fully saturated rings. The summed E-state index contributed by atoms with van der Waals surface area (Å²) >= 11 is 0. The molecule has 2 saturated heterocycles. The van der Waals surface area contributed by atoms with Gasteiger partial charge in [-0.05, 0) is 42.9 Å². The molecule has 0 unspecified atom stereocenters. The third-order valence-electron chi connectivity index (χ3n) is 6.12. The Labute approximate surface area is 193 Å². The van der Waals surface area contributed by atoms with E-state index < -0.39 is 0 Å². The maximum atomic E-state index is 12.8. The Bertz CT molecular complexity index is 761. The fourth-order valence-electron chi connectivity index (χ4n) is 4.17. The number of hydrogen-bond donors (Lipinski definition) is 1. The summed E-state index contributed by atoms with van der Waals surface area (Å²) < 4.78 is 11.3. The van der Waals surface area contributed by atoms with Crippen molar-refractivity contribution in [2.45, 2.75) is 46.0 Å². The quantitative estimate of drug-likeness (QED) is 0.415. The molecule has 0 aromatic heterocycles. The number of carbonyl (C=O) groups is 1. The summed E-state index contributed by atoms with van der Waals surface area (Å²) in [5, 5.41) is 3.40. The molecule has 2 heterocycles. The predicted molar refractivity (Wildman–Crippen MR) is 128 cm³/mol. The van der Waals surface area contributed by atoms with Crippen LogP contribution in [0.5, 0.6) is 5.75 Å². The maximum absolute atomic E-state index is 12.8. The van der Waals surface area contributed by atoms with Crippen LogP contribution in [0.2, 0.25) is 0 Å². The summed E-state index contributed by atoms with van der Waals surface area (Å²) in [5.74, 6) is 2.21. The lowest BCUT2D eigenvalue weighted by Gasteiger charge is -2.36. The van der Waals surface area contributed by atoms with E-state index in [0.717, 1.165) is 57.3 Å². The summed E-state index contributed by atoms with van der Waals surface area (Å²) in [7, 11) is 0. The zero-order valence-corrected chi connectivity index (χ0v) is 20.2. The van der Waals surface area contributed by atoms with Crippen LogP contribution in [0.15, 0.2) is 29.3 Å². The smallest absolute Gasteiger partial charge is 0.225 e. The lowest BCUT2D eigenvalue weighted by molar-refractivity contribution is -0.140. The van der Waals surface area contributed by atoms with Crippen LogP contribution in [0.1, 0.15) is 46.1 Å². The fourth-order valence-corrected chi connectivity index (χ4v) is 4.17. The summed E-state index contributed by atoms with van der Waals surface area (Å²) in [5.41, 5.74) is 1.37. The molecule has 1 aromatic carbocycles. The number of benzene rings is 1. The number of likely N-dealkylation sites (tertiary alicyclic amines) is 1. The van der Waals surface area contributed by atoms with Crippen LogP contribution < -0.4 is 10.1 Å². The zero-order chi connectivity index (χ0) is 23.0. The predicted octanol–water partition coefficient (Wildman–Crippen LogP) is 2.90. The third-order valence-corrected chi connectivity index (χ3v) is 6.12. The topological polar surface area (TPSA) is 66.4 Å². The van der Waals surface area contributed by atoms with Gasteiger partial charge in [0.15, 0.2) is 5.96 Å². The molecule has 3 rings (SSSR count). The van der Waals surface area contributed by atoms with Crippen molar-refractivity contribution in [1.29, 1.82) is 0 Å². The molecule has 7 heteroatoms. The molecule has 32 heavy (non-hydrogen) atoms. The Kier molecular flexibility index (Phi) is 8.79. The van der Waals surface area contributed by atoms with Gasteiger partial charge in [0, 0.05) is 38.6 Å². The molecular formula is C25H40N4O3. The second kappa shape index (κ2) is 11.5. The van der Waals surface area contributed by atoms with Gasteiger partial charge < -0.3 is 24.6 Å². The minimum absolute atomic E-state index is 0.102. The van der Waals surface area contributed by atoms with Crippen LogP contribution in [0, 0.1) is 5.92 Å². The lowest BCUT2D eigenvalue weighted by atomic mass is 9.87. The van der Waals surface area contributed by atoms with Crippen LogP contribution in [0.4, 0.5) is 0 Å². The van der Waals surface area contributed by atoms with Crippen molar-refractivity contribution < 1.29 is 14.3 Å². The average Bonchev–Trinajstić information content (AvgIpc) is 2.81. The zero-order valence-electron chi connectivity index (χ0n) is 20.2. The Morgan fingerprint density at radius 1 is 1.16 bits per heavy atom. The van der Waals surface area contributed by atoms with E-state index in [-0.39, 0.29) is 11.3 Å². The first-order valence-electron chi connectivity index (χ1n) is 12.0. The van der Waals surface area contributed by atoms with E-state index in [0.29, 0.717) is 32.3 Å². The van der Waals surface area contributed by atoms with E-state index in [1.54, 1.807) is 0 Å². The van der Waals surface area contributed by atoms with Gasteiger partial charge in [-0.25, -0.2) is 4.99 Å². The van der Waals surface area contributed by atoms with Crippen molar-refractivity contribution in [1.82, 2.24) is 15.1 Å². The number of carbonyl (C=O) groups excluding carboxylic acids is 1. The lowest BCUT2D eigenvalue weighted by Crippen LogP contribution is -2.50. The van der Waals surface area contributed by atoms with E-state index in [1.807, 2.05) is 17.0 Å². The van der Waals surface area contributed by atoms with Crippen LogP contribution in [-0.4, -0.2) is 80.8 Å². The van der Waals surface area contributed by atoms with Crippen LogP contribution in [0.3, 0.4) is 0 Å². The Balaban J connectivity index is 1.48. The second-order valence-electron chi connectivity index (χ2n) is 9.56. The molecule has 1 amide bonds. The van der Waals surface area contributed by atoms with Crippen LogP contribution in [-0.2, 0) is 14.9 Å². The molecule has 0 atom stereocenters. The molecule has 2 aliphatic rings. The molecule has 178 valence electrons. The summed E-state index contributed by atoms with van der Waals surface area (Å²) in [4.78, 5) is 21.8. The van der Waals surface area contributed by atoms with E-state index in [1.165, 1.54) is 5.56 Å². The normalized spacial score (nSPS) is 18.6. The van der Waals surface area contributed by atoms with Gasteiger partial charge in [-0.2, -0.15) is 0 Å². The molecule has 0 bridgehead atoms. The first-order valence-corrected chi connectivity index (χ1v) is 12.0. The number of guanidine groups is 1. The van der Waals surface area contributed by atoms with Crippen LogP contribution in [0.25, 0.3) is 0 Å². The van der Waals surface area contributed by atoms with Crippen molar-refractivity contribution in [3.63, 3.8) is 0 Å². The first-order chi connectivity index (χ1) is 15.4. The standard InChI is InChI=1S/C25H40N4O3/c1-5-26-24(27-11-16-32-22-8-6-7-21(19-22)25(2,3)4)29-12-9-20(10-13-29)23(30)28-14-17-31-18-15-28/h6-8,19-20H,5,9-18H2,1-4H3,(H,26,27). The summed E-state index contributed by atoms with van der Waals surface area (Å²) in [6, 6.07) is 8.30. The number of nitrogens with one attached hydrogen (secondary N) is 1. The number of rotatable bonds is 6. The SMILES string of the molecule is CCNC(=NCCOc1cccc(C(C)(C)C)c1)N1CCC(C(=O)N2CCOCC2)CC1. The number of aliphatic imine (C=N–C) groups is 1. The molecule has 7 nitrogen and oxygen atoms in total. The molecule has 1 N–H and O–H groups in total. The van der Waals surface area contributed by atoms with Gasteiger partial charge in [-0.3, -0.25) is 4.79 Å². The monoisotopic (exact) mass is 444 g/mol. The highest BCUT2D eigenvalue weighted by Crippen LogP contribution is 2.25. The van der Waals surface area contributed by atoms with Crippen molar-refractivity contribution in [3.8, 4) is 5.75 Å². The third kappa shape index (κ3) is 6.86. The van der Waals surface area contributed by atoms with Gasteiger partial charge in [0.25, 0.3) is 0 Å². The minimum Gasteiger partial charge on any atom is -0.492 e. The summed E-state index contributed by atoms with van der Waals surface area (Å²) in [6.45, 7) is 15.1. The highest BCUT2D eigenvalue weighted by molar-refractivity contribution is 5.82. The number of amides is 1. The molecule has 0 spiro atoms. The van der Waals surface area contributed by atoms with Gasteiger partial charge in [0.1, 0.15) is 12.4 Å². The van der Waals surface area contributed by atoms with E-state index in [9.17, 15) is 4.79 Å². The Morgan fingerprint density at radius 2 is 1.88 bits per heavy atom. The number of hydrogen-bond acceptors (Lipinski definition) is 4. The number of morpholine rings is 1. The van der Waals surface area contributed by atoms with Crippen molar-refractivity contribution in [2.75, 3.05) is 59.1 Å². The molecule has 0 aliphatic carbocycles. The van der Waals surface area contributed by atoms with E-state index in [2.05, 4.69) is 50.0 Å². The summed E-state index contributed by atoms with van der Waals surface area (Å²) in [6.07, 6.45) is 1.74. The number of nitrogens with zero attached hydrogens (tertiary/aromatic N) is 3. The minimum atomic E-state index is 0.102. The van der Waals surface area contributed by atoms with Crippen LogP contribution >= 0.6 is 0 Å². The molecule has 0 radical (unpaired) electrons.